The largest absolute Gasteiger partial charge is 0.480 e. The van der Waals surface area contributed by atoms with Gasteiger partial charge in [0.25, 0.3) is 0 Å². The molecule has 0 aliphatic heterocycles. The Morgan fingerprint density at radius 3 is 2.74 bits per heavy atom. The lowest BCUT2D eigenvalue weighted by atomic mass is 10.1. The van der Waals surface area contributed by atoms with E-state index in [1.54, 1.807) is 17.0 Å². The van der Waals surface area contributed by atoms with Crippen LogP contribution in [0.5, 0.6) is 0 Å². The van der Waals surface area contributed by atoms with Gasteiger partial charge in [-0.3, -0.25) is 9.69 Å². The summed E-state index contributed by atoms with van der Waals surface area (Å²) in [6, 6.07) is 6.06. The number of hydrogen-bond donors (Lipinski definition) is 1. The first kappa shape index (κ1) is 15.1. The molecule has 0 aliphatic rings. The number of carboxylic acids is 1. The molecule has 0 aromatic heterocycles. The van der Waals surface area contributed by atoms with E-state index in [4.69, 9.17) is 10.4 Å². The number of aliphatic carboxylic acids is 1. The molecule has 0 aliphatic carbocycles. The quantitative estimate of drug-likeness (QED) is 0.855. The summed E-state index contributed by atoms with van der Waals surface area (Å²) in [7, 11) is 0. The van der Waals surface area contributed by atoms with Crippen LogP contribution in [0.25, 0.3) is 0 Å². The van der Waals surface area contributed by atoms with Crippen LogP contribution < -0.4 is 0 Å². The van der Waals surface area contributed by atoms with E-state index in [-0.39, 0.29) is 12.1 Å². The molecule has 4 nitrogen and oxygen atoms in total. The Morgan fingerprint density at radius 1 is 1.53 bits per heavy atom. The van der Waals surface area contributed by atoms with Crippen molar-refractivity contribution in [1.29, 1.82) is 5.26 Å². The van der Waals surface area contributed by atoms with Gasteiger partial charge in [0.1, 0.15) is 11.9 Å². The van der Waals surface area contributed by atoms with Crippen LogP contribution in [-0.2, 0) is 11.3 Å². The molecule has 0 spiro atoms. The van der Waals surface area contributed by atoms with Crippen molar-refractivity contribution in [3.8, 4) is 6.07 Å². The van der Waals surface area contributed by atoms with Gasteiger partial charge >= 0.3 is 5.97 Å². The third kappa shape index (κ3) is 5.06. The Kier molecular flexibility index (Phi) is 5.46. The minimum Gasteiger partial charge on any atom is -0.480 e. The third-order valence-electron chi connectivity index (χ3n) is 2.54. The second kappa shape index (κ2) is 6.86. The highest BCUT2D eigenvalue weighted by Crippen LogP contribution is 2.12. The minimum absolute atomic E-state index is 0.0164. The highest BCUT2D eigenvalue weighted by Gasteiger charge is 2.13. The second-order valence-corrected chi connectivity index (χ2v) is 4.88. The average molecular weight is 264 g/mol. The molecule has 1 rings (SSSR count). The monoisotopic (exact) mass is 264 g/mol. The zero-order chi connectivity index (χ0) is 14.4. The van der Waals surface area contributed by atoms with Crippen molar-refractivity contribution in [3.05, 3.63) is 35.1 Å². The lowest BCUT2D eigenvalue weighted by molar-refractivity contribution is -0.138. The van der Waals surface area contributed by atoms with Gasteiger partial charge in [-0.25, -0.2) is 4.39 Å². The summed E-state index contributed by atoms with van der Waals surface area (Å²) in [6.07, 6.45) is 0. The molecule has 1 N–H and O–H groups in total. The Balaban J connectivity index is 2.83. The third-order valence-corrected chi connectivity index (χ3v) is 2.54. The molecule has 1 aromatic carbocycles. The van der Waals surface area contributed by atoms with Gasteiger partial charge in [-0.1, -0.05) is 19.9 Å². The van der Waals surface area contributed by atoms with E-state index in [1.165, 1.54) is 12.1 Å². The molecular formula is C14H17FN2O2. The van der Waals surface area contributed by atoms with Gasteiger partial charge in [0, 0.05) is 13.1 Å². The SMILES string of the molecule is CC(C)CN(CC(=O)O)Cc1ccc(F)c(C#N)c1. The molecule has 102 valence electrons. The number of carboxylic acid groups (broad SMARTS) is 1. The van der Waals surface area contributed by atoms with Gasteiger partial charge in [-0.15, -0.1) is 0 Å². The van der Waals surface area contributed by atoms with Gasteiger partial charge in [0.2, 0.25) is 0 Å². The molecule has 0 unspecified atom stereocenters. The topological polar surface area (TPSA) is 64.3 Å². The summed E-state index contributed by atoms with van der Waals surface area (Å²) in [5, 5.41) is 17.6. The van der Waals surface area contributed by atoms with E-state index in [1.807, 2.05) is 13.8 Å². The number of nitrogens with zero attached hydrogens (tertiary/aromatic N) is 2. The molecule has 0 saturated heterocycles. The predicted octanol–water partition coefficient (Wildman–Crippen LogP) is 2.24. The lowest BCUT2D eigenvalue weighted by Gasteiger charge is -2.22. The van der Waals surface area contributed by atoms with Gasteiger partial charge in [-0.05, 0) is 23.6 Å². The molecule has 5 heteroatoms. The van der Waals surface area contributed by atoms with Crippen molar-refractivity contribution >= 4 is 5.97 Å². The molecule has 19 heavy (non-hydrogen) atoms. The van der Waals surface area contributed by atoms with Crippen molar-refractivity contribution in [3.63, 3.8) is 0 Å². The second-order valence-electron chi connectivity index (χ2n) is 4.88. The van der Waals surface area contributed by atoms with Crippen LogP contribution in [0.2, 0.25) is 0 Å². The van der Waals surface area contributed by atoms with Crippen LogP contribution in [0, 0.1) is 23.1 Å². The standard InChI is InChI=1S/C14H17FN2O2/c1-10(2)7-17(9-14(18)19)8-11-3-4-13(15)12(5-11)6-16/h3-5,10H,7-9H2,1-2H3,(H,18,19). The summed E-state index contributed by atoms with van der Waals surface area (Å²) in [5.41, 5.74) is 0.720. The van der Waals surface area contributed by atoms with Crippen molar-refractivity contribution in [2.75, 3.05) is 13.1 Å². The fraction of sp³-hybridized carbons (Fsp3) is 0.429. The smallest absolute Gasteiger partial charge is 0.317 e. The summed E-state index contributed by atoms with van der Waals surface area (Å²) in [6.45, 7) is 4.95. The maximum Gasteiger partial charge on any atom is 0.317 e. The van der Waals surface area contributed by atoms with Crippen LogP contribution in [0.1, 0.15) is 25.0 Å². The number of hydrogen-bond acceptors (Lipinski definition) is 3. The maximum absolute atomic E-state index is 13.2. The van der Waals surface area contributed by atoms with Gasteiger partial charge in [0.05, 0.1) is 12.1 Å². The number of benzene rings is 1. The molecular weight excluding hydrogens is 247 g/mol. The van der Waals surface area contributed by atoms with E-state index < -0.39 is 11.8 Å². The molecule has 1 aromatic rings. The first-order valence-electron chi connectivity index (χ1n) is 6.05. The maximum atomic E-state index is 13.2. The average Bonchev–Trinajstić information content (AvgIpc) is 2.29. The lowest BCUT2D eigenvalue weighted by Crippen LogP contribution is -2.32. The summed E-state index contributed by atoms with van der Waals surface area (Å²) in [4.78, 5) is 12.6. The summed E-state index contributed by atoms with van der Waals surface area (Å²) < 4.78 is 13.2. The molecule has 0 atom stereocenters. The van der Waals surface area contributed by atoms with Crippen molar-refractivity contribution < 1.29 is 14.3 Å². The summed E-state index contributed by atoms with van der Waals surface area (Å²) >= 11 is 0. The normalized spacial score (nSPS) is 10.7. The van der Waals surface area contributed by atoms with Crippen LogP contribution >= 0.6 is 0 Å². The Morgan fingerprint density at radius 2 is 2.21 bits per heavy atom. The Hall–Kier alpha value is -1.93. The molecule has 0 heterocycles. The van der Waals surface area contributed by atoms with Gasteiger partial charge < -0.3 is 5.11 Å². The Bertz CT molecular complexity index is 495. The highest BCUT2D eigenvalue weighted by atomic mass is 19.1. The fourth-order valence-corrected chi connectivity index (χ4v) is 1.91. The molecule has 0 radical (unpaired) electrons. The van der Waals surface area contributed by atoms with Crippen molar-refractivity contribution in [2.24, 2.45) is 5.92 Å². The minimum atomic E-state index is -0.900. The summed E-state index contributed by atoms with van der Waals surface area (Å²) in [5.74, 6) is -1.13. The van der Waals surface area contributed by atoms with E-state index >= 15 is 0 Å². The number of carbonyl (C=O) groups is 1. The van der Waals surface area contributed by atoms with E-state index in [0.29, 0.717) is 19.0 Å². The van der Waals surface area contributed by atoms with Crippen LogP contribution in [0.4, 0.5) is 4.39 Å². The zero-order valence-corrected chi connectivity index (χ0v) is 11.1. The van der Waals surface area contributed by atoms with Gasteiger partial charge in [0.15, 0.2) is 0 Å². The molecule has 0 bridgehead atoms. The first-order chi connectivity index (χ1) is 8.92. The van der Waals surface area contributed by atoms with Crippen molar-refractivity contribution in [1.82, 2.24) is 4.90 Å². The molecule has 0 saturated carbocycles. The van der Waals surface area contributed by atoms with Crippen LogP contribution in [0.3, 0.4) is 0 Å². The Labute approximate surface area is 112 Å². The zero-order valence-electron chi connectivity index (χ0n) is 11.1. The van der Waals surface area contributed by atoms with Crippen molar-refractivity contribution in [2.45, 2.75) is 20.4 Å². The van der Waals surface area contributed by atoms with E-state index in [2.05, 4.69) is 0 Å². The van der Waals surface area contributed by atoms with Crippen LogP contribution in [0.15, 0.2) is 18.2 Å². The number of nitriles is 1. The van der Waals surface area contributed by atoms with E-state index in [0.717, 1.165) is 5.56 Å². The predicted molar refractivity (Wildman–Crippen MR) is 68.9 cm³/mol. The number of rotatable bonds is 6. The van der Waals surface area contributed by atoms with Crippen LogP contribution in [-0.4, -0.2) is 29.1 Å². The van der Waals surface area contributed by atoms with Gasteiger partial charge in [-0.2, -0.15) is 5.26 Å². The number of halogens is 1. The van der Waals surface area contributed by atoms with E-state index in [9.17, 15) is 9.18 Å². The molecule has 0 amide bonds. The molecule has 0 fully saturated rings. The highest BCUT2D eigenvalue weighted by molar-refractivity contribution is 5.69. The first-order valence-corrected chi connectivity index (χ1v) is 6.05. The fourth-order valence-electron chi connectivity index (χ4n) is 1.91.